The molecule has 2 aromatic rings. The van der Waals surface area contributed by atoms with Crippen molar-refractivity contribution in [1.82, 2.24) is 10.6 Å². The van der Waals surface area contributed by atoms with E-state index in [9.17, 15) is 19.2 Å². The van der Waals surface area contributed by atoms with Gasteiger partial charge in [0.25, 0.3) is 11.8 Å². The fraction of sp³-hybridized carbons (Fsp3) is 0.238. The zero-order valence-electron chi connectivity index (χ0n) is 15.9. The van der Waals surface area contributed by atoms with Crippen LogP contribution in [0.5, 0.6) is 0 Å². The minimum atomic E-state index is -0.826. The summed E-state index contributed by atoms with van der Waals surface area (Å²) in [6.45, 7) is -0.631. The first-order chi connectivity index (χ1) is 14.0. The number of carbonyl (C=O) groups is 4. The van der Waals surface area contributed by atoms with Gasteiger partial charge in [-0.3, -0.25) is 14.9 Å². The van der Waals surface area contributed by atoms with E-state index in [4.69, 9.17) is 4.74 Å². The highest BCUT2D eigenvalue weighted by atomic mass is 16.5. The predicted octanol–water partition coefficient (Wildman–Crippen LogP) is 2.11. The molecular weight excluding hydrogens is 374 g/mol. The molecule has 8 heteroatoms. The summed E-state index contributed by atoms with van der Waals surface area (Å²) in [6, 6.07) is 14.7. The number of nitrogens with zero attached hydrogens (tertiary/aromatic N) is 1. The van der Waals surface area contributed by atoms with Crippen molar-refractivity contribution in [2.45, 2.75) is 18.9 Å². The maximum Gasteiger partial charge on any atom is 0.339 e. The largest absolute Gasteiger partial charge is 0.452 e. The minimum absolute atomic E-state index is 0.0375. The van der Waals surface area contributed by atoms with Gasteiger partial charge in [0.15, 0.2) is 6.61 Å². The molecule has 0 atom stereocenters. The number of esters is 1. The van der Waals surface area contributed by atoms with Crippen LogP contribution >= 0.6 is 0 Å². The Morgan fingerprint density at radius 2 is 1.59 bits per heavy atom. The summed E-state index contributed by atoms with van der Waals surface area (Å²) in [5.74, 6) is -1.97. The fourth-order valence-corrected chi connectivity index (χ4v) is 2.62. The van der Waals surface area contributed by atoms with Crippen molar-refractivity contribution >= 4 is 29.5 Å². The quantitative estimate of drug-likeness (QED) is 0.729. The standard InChI is InChI=1S/C21H21N3O5/c1-24(15-7-3-2-4-8-15)19(26)16-9-5-6-10-17(16)20(27)29-13-18(25)23-21(28)22-14-11-12-14/h2-10,14H,11-13H2,1H3,(H2,22,23,25,28). The third kappa shape index (κ3) is 5.41. The van der Waals surface area contributed by atoms with E-state index in [2.05, 4.69) is 10.6 Å². The highest BCUT2D eigenvalue weighted by Crippen LogP contribution is 2.19. The first-order valence-electron chi connectivity index (χ1n) is 9.15. The van der Waals surface area contributed by atoms with Gasteiger partial charge < -0.3 is 15.0 Å². The van der Waals surface area contributed by atoms with Gasteiger partial charge in [-0.15, -0.1) is 0 Å². The van der Waals surface area contributed by atoms with Gasteiger partial charge in [0.2, 0.25) is 0 Å². The molecule has 1 aliphatic rings. The van der Waals surface area contributed by atoms with Crippen LogP contribution in [0, 0.1) is 0 Å². The Bertz CT molecular complexity index is 925. The number of ether oxygens (including phenoxy) is 1. The molecule has 2 aromatic carbocycles. The van der Waals surface area contributed by atoms with E-state index in [1.54, 1.807) is 43.4 Å². The molecule has 2 N–H and O–H groups in total. The van der Waals surface area contributed by atoms with Crippen molar-refractivity contribution in [3.05, 3.63) is 65.7 Å². The molecule has 3 rings (SSSR count). The van der Waals surface area contributed by atoms with Crippen molar-refractivity contribution in [2.24, 2.45) is 0 Å². The fourth-order valence-electron chi connectivity index (χ4n) is 2.62. The Kier molecular flexibility index (Phi) is 6.23. The molecule has 0 bridgehead atoms. The van der Waals surface area contributed by atoms with Crippen LogP contribution in [-0.4, -0.2) is 43.5 Å². The topological polar surface area (TPSA) is 105 Å². The van der Waals surface area contributed by atoms with Gasteiger partial charge in [-0.2, -0.15) is 0 Å². The van der Waals surface area contributed by atoms with Crippen LogP contribution in [0.4, 0.5) is 10.5 Å². The Balaban J connectivity index is 1.63. The molecule has 0 heterocycles. The average molecular weight is 395 g/mol. The molecule has 1 aliphatic carbocycles. The van der Waals surface area contributed by atoms with E-state index >= 15 is 0 Å². The number of nitrogens with one attached hydrogen (secondary N) is 2. The van der Waals surface area contributed by atoms with Gasteiger partial charge in [0.05, 0.1) is 11.1 Å². The van der Waals surface area contributed by atoms with Crippen LogP contribution < -0.4 is 15.5 Å². The van der Waals surface area contributed by atoms with Crippen LogP contribution in [0.25, 0.3) is 0 Å². The van der Waals surface area contributed by atoms with Crippen molar-refractivity contribution in [2.75, 3.05) is 18.6 Å². The molecule has 150 valence electrons. The molecule has 4 amide bonds. The Labute approximate surface area is 167 Å². The third-order valence-corrected chi connectivity index (χ3v) is 4.33. The molecule has 1 saturated carbocycles. The van der Waals surface area contributed by atoms with Crippen LogP contribution in [0.2, 0.25) is 0 Å². The molecule has 0 saturated heterocycles. The number of benzene rings is 2. The first-order valence-corrected chi connectivity index (χ1v) is 9.15. The molecule has 8 nitrogen and oxygen atoms in total. The van der Waals surface area contributed by atoms with Crippen LogP contribution in [0.1, 0.15) is 33.6 Å². The maximum absolute atomic E-state index is 12.8. The minimum Gasteiger partial charge on any atom is -0.452 e. The summed E-state index contributed by atoms with van der Waals surface area (Å²) in [7, 11) is 1.60. The van der Waals surface area contributed by atoms with E-state index < -0.39 is 30.4 Å². The second kappa shape index (κ2) is 9.01. The van der Waals surface area contributed by atoms with E-state index in [0.29, 0.717) is 5.69 Å². The van der Waals surface area contributed by atoms with E-state index in [1.807, 2.05) is 6.07 Å². The molecule has 1 fully saturated rings. The lowest BCUT2D eigenvalue weighted by molar-refractivity contribution is -0.123. The summed E-state index contributed by atoms with van der Waals surface area (Å²) in [6.07, 6.45) is 1.78. The van der Waals surface area contributed by atoms with Crippen molar-refractivity contribution in [3.63, 3.8) is 0 Å². The van der Waals surface area contributed by atoms with Gasteiger partial charge in [-0.25, -0.2) is 9.59 Å². The van der Waals surface area contributed by atoms with Crippen molar-refractivity contribution in [1.29, 1.82) is 0 Å². The SMILES string of the molecule is CN(C(=O)c1ccccc1C(=O)OCC(=O)NC(=O)NC1CC1)c1ccccc1. The summed E-state index contributed by atoms with van der Waals surface area (Å²) in [5.41, 5.74) is 0.855. The number of hydrogen-bond acceptors (Lipinski definition) is 5. The molecule has 0 unspecified atom stereocenters. The lowest BCUT2D eigenvalue weighted by Crippen LogP contribution is -2.42. The zero-order valence-corrected chi connectivity index (χ0v) is 15.9. The van der Waals surface area contributed by atoms with Gasteiger partial charge in [0, 0.05) is 18.8 Å². The Hall–Kier alpha value is -3.68. The lowest BCUT2D eigenvalue weighted by atomic mass is 10.1. The zero-order chi connectivity index (χ0) is 20.8. The number of para-hydroxylation sites is 1. The Morgan fingerprint density at radius 3 is 2.24 bits per heavy atom. The van der Waals surface area contributed by atoms with Crippen LogP contribution in [0.3, 0.4) is 0 Å². The normalized spacial score (nSPS) is 12.6. The summed E-state index contributed by atoms with van der Waals surface area (Å²) in [5, 5.41) is 4.69. The maximum atomic E-state index is 12.8. The number of rotatable bonds is 6. The highest BCUT2D eigenvalue weighted by Gasteiger charge is 2.25. The van der Waals surface area contributed by atoms with Crippen molar-refractivity contribution in [3.8, 4) is 0 Å². The summed E-state index contributed by atoms with van der Waals surface area (Å²) < 4.78 is 4.99. The monoisotopic (exact) mass is 395 g/mol. The van der Waals surface area contributed by atoms with Gasteiger partial charge >= 0.3 is 12.0 Å². The molecule has 0 spiro atoms. The Morgan fingerprint density at radius 1 is 0.966 bits per heavy atom. The van der Waals surface area contributed by atoms with Crippen molar-refractivity contribution < 1.29 is 23.9 Å². The number of urea groups is 1. The highest BCUT2D eigenvalue weighted by molar-refractivity contribution is 6.12. The second-order valence-electron chi connectivity index (χ2n) is 6.62. The van der Waals surface area contributed by atoms with Gasteiger partial charge in [0.1, 0.15) is 0 Å². The van der Waals surface area contributed by atoms with E-state index in [-0.39, 0.29) is 17.2 Å². The number of amides is 4. The predicted molar refractivity (Wildman–Crippen MR) is 106 cm³/mol. The number of carbonyl (C=O) groups excluding carboxylic acids is 4. The number of hydrogen-bond donors (Lipinski definition) is 2. The van der Waals surface area contributed by atoms with Crippen LogP contribution in [-0.2, 0) is 9.53 Å². The van der Waals surface area contributed by atoms with E-state index in [0.717, 1.165) is 12.8 Å². The summed E-state index contributed by atoms with van der Waals surface area (Å²) >= 11 is 0. The van der Waals surface area contributed by atoms with Gasteiger partial charge in [-0.1, -0.05) is 30.3 Å². The first kappa shape index (κ1) is 20.1. The molecule has 29 heavy (non-hydrogen) atoms. The summed E-state index contributed by atoms with van der Waals surface area (Å²) in [4.78, 5) is 50.0. The second-order valence-corrected chi connectivity index (χ2v) is 6.62. The lowest BCUT2D eigenvalue weighted by Gasteiger charge is -2.18. The number of imide groups is 1. The number of anilines is 1. The molecule has 0 aliphatic heterocycles. The molecule has 0 aromatic heterocycles. The smallest absolute Gasteiger partial charge is 0.339 e. The molecular formula is C21H21N3O5. The van der Waals surface area contributed by atoms with E-state index in [1.165, 1.54) is 17.0 Å². The third-order valence-electron chi connectivity index (χ3n) is 4.33. The molecule has 0 radical (unpaired) electrons. The van der Waals surface area contributed by atoms with Crippen LogP contribution in [0.15, 0.2) is 54.6 Å². The van der Waals surface area contributed by atoms with Gasteiger partial charge in [-0.05, 0) is 37.1 Å². The average Bonchev–Trinajstić information content (AvgIpc) is 3.55.